The molecule has 19 heavy (non-hydrogen) atoms. The third kappa shape index (κ3) is 2.19. The number of ketones is 1. The number of carbonyl (C=O) groups excluding carboxylic acids is 2. The third-order valence-electron chi connectivity index (χ3n) is 3.12. The summed E-state index contributed by atoms with van der Waals surface area (Å²) in [5.41, 5.74) is 2.69. The average Bonchev–Trinajstić information content (AvgIpc) is 2.78. The molecular formula is C15H10BrNO2. The number of amides is 1. The van der Waals surface area contributed by atoms with Crippen molar-refractivity contribution in [3.8, 4) is 0 Å². The van der Waals surface area contributed by atoms with Crippen LogP contribution in [-0.4, -0.2) is 11.7 Å². The van der Waals surface area contributed by atoms with Crippen LogP contribution in [0.2, 0.25) is 0 Å². The quantitative estimate of drug-likeness (QED) is 0.865. The molecule has 94 valence electrons. The molecule has 0 bridgehead atoms. The lowest BCUT2D eigenvalue weighted by Crippen LogP contribution is -2.08. The molecule has 1 aliphatic rings. The number of nitrogens with one attached hydrogen (secondary N) is 1. The van der Waals surface area contributed by atoms with E-state index in [0.717, 1.165) is 10.0 Å². The standard InChI is InChI=1S/C15H10BrNO2/c16-11-6-4-9(5-7-11)15(19)12-3-1-2-10-8-13(18)17-14(10)12/h1-7H,8H2,(H,17,18). The number of hydrogen-bond donors (Lipinski definition) is 1. The van der Waals surface area contributed by atoms with Gasteiger partial charge in [-0.25, -0.2) is 0 Å². The van der Waals surface area contributed by atoms with Crippen molar-refractivity contribution in [1.82, 2.24) is 0 Å². The van der Waals surface area contributed by atoms with E-state index in [-0.39, 0.29) is 11.7 Å². The van der Waals surface area contributed by atoms with Crippen molar-refractivity contribution in [2.75, 3.05) is 5.32 Å². The van der Waals surface area contributed by atoms with Crippen LogP contribution in [0.3, 0.4) is 0 Å². The van der Waals surface area contributed by atoms with E-state index in [1.165, 1.54) is 0 Å². The average molecular weight is 316 g/mol. The number of fused-ring (bicyclic) bond motifs is 1. The summed E-state index contributed by atoms with van der Waals surface area (Å²) in [6, 6.07) is 12.6. The highest BCUT2D eigenvalue weighted by molar-refractivity contribution is 9.10. The summed E-state index contributed by atoms with van der Waals surface area (Å²) in [7, 11) is 0. The minimum absolute atomic E-state index is 0.0638. The molecule has 0 saturated carbocycles. The fraction of sp³-hybridized carbons (Fsp3) is 0.0667. The number of carbonyl (C=O) groups is 2. The summed E-state index contributed by atoms with van der Waals surface area (Å²) in [5.74, 6) is -0.141. The first-order chi connectivity index (χ1) is 9.15. The first-order valence-corrected chi connectivity index (χ1v) is 6.66. The normalized spacial score (nSPS) is 13.0. The Kier molecular flexibility index (Phi) is 2.95. The molecule has 0 aliphatic carbocycles. The van der Waals surface area contributed by atoms with Crippen molar-refractivity contribution in [1.29, 1.82) is 0 Å². The Morgan fingerprint density at radius 1 is 1.11 bits per heavy atom. The zero-order valence-electron chi connectivity index (χ0n) is 9.94. The van der Waals surface area contributed by atoms with Crippen LogP contribution in [-0.2, 0) is 11.2 Å². The summed E-state index contributed by atoms with van der Waals surface area (Å²) >= 11 is 3.34. The molecule has 1 amide bonds. The van der Waals surface area contributed by atoms with Crippen LogP contribution in [0.5, 0.6) is 0 Å². The second kappa shape index (κ2) is 4.63. The molecule has 0 aromatic heterocycles. The fourth-order valence-corrected chi connectivity index (χ4v) is 2.46. The number of para-hydroxylation sites is 1. The summed E-state index contributed by atoms with van der Waals surface area (Å²) in [5, 5.41) is 2.76. The van der Waals surface area contributed by atoms with Gasteiger partial charge in [0, 0.05) is 15.6 Å². The second-order valence-corrected chi connectivity index (χ2v) is 5.32. The van der Waals surface area contributed by atoms with Gasteiger partial charge in [-0.05, 0) is 35.9 Å². The van der Waals surface area contributed by atoms with Crippen LogP contribution in [0.1, 0.15) is 21.5 Å². The molecule has 0 fully saturated rings. The van der Waals surface area contributed by atoms with E-state index in [9.17, 15) is 9.59 Å². The molecule has 3 nitrogen and oxygen atoms in total. The highest BCUT2D eigenvalue weighted by atomic mass is 79.9. The largest absolute Gasteiger partial charge is 0.325 e. The summed E-state index contributed by atoms with van der Waals surface area (Å²) in [6.45, 7) is 0. The first kappa shape index (κ1) is 12.1. The predicted octanol–water partition coefficient (Wildman–Crippen LogP) is 3.17. The van der Waals surface area contributed by atoms with E-state index in [1.54, 1.807) is 18.2 Å². The fourth-order valence-electron chi connectivity index (χ4n) is 2.20. The number of hydrogen-bond acceptors (Lipinski definition) is 2. The number of anilines is 1. The van der Waals surface area contributed by atoms with Gasteiger partial charge in [0.15, 0.2) is 5.78 Å². The van der Waals surface area contributed by atoms with Gasteiger partial charge >= 0.3 is 0 Å². The molecule has 4 heteroatoms. The number of benzene rings is 2. The van der Waals surface area contributed by atoms with E-state index in [0.29, 0.717) is 23.2 Å². The van der Waals surface area contributed by atoms with Gasteiger partial charge in [0.2, 0.25) is 5.91 Å². The highest BCUT2D eigenvalue weighted by Crippen LogP contribution is 2.29. The molecule has 2 aromatic rings. The Labute approximate surface area is 118 Å². The Balaban J connectivity index is 2.04. The first-order valence-electron chi connectivity index (χ1n) is 5.87. The maximum absolute atomic E-state index is 12.5. The Morgan fingerprint density at radius 3 is 2.58 bits per heavy atom. The summed E-state index contributed by atoms with van der Waals surface area (Å²) in [6.07, 6.45) is 0.344. The molecule has 1 heterocycles. The van der Waals surface area contributed by atoms with E-state index >= 15 is 0 Å². The maximum Gasteiger partial charge on any atom is 0.228 e. The van der Waals surface area contributed by atoms with Gasteiger partial charge in [0.05, 0.1) is 12.1 Å². The van der Waals surface area contributed by atoms with Gasteiger partial charge in [-0.2, -0.15) is 0 Å². The molecule has 0 unspecified atom stereocenters. The Morgan fingerprint density at radius 2 is 1.84 bits per heavy atom. The van der Waals surface area contributed by atoms with Crippen molar-refractivity contribution in [3.05, 3.63) is 63.6 Å². The zero-order valence-corrected chi connectivity index (χ0v) is 11.5. The van der Waals surface area contributed by atoms with Crippen molar-refractivity contribution < 1.29 is 9.59 Å². The molecular weight excluding hydrogens is 306 g/mol. The maximum atomic E-state index is 12.5. The minimum atomic E-state index is -0.0773. The van der Waals surface area contributed by atoms with Crippen molar-refractivity contribution in [2.45, 2.75) is 6.42 Å². The van der Waals surface area contributed by atoms with Crippen molar-refractivity contribution in [2.24, 2.45) is 0 Å². The second-order valence-electron chi connectivity index (χ2n) is 4.40. The number of rotatable bonds is 2. The van der Waals surface area contributed by atoms with Crippen LogP contribution in [0.25, 0.3) is 0 Å². The van der Waals surface area contributed by atoms with E-state index < -0.39 is 0 Å². The predicted molar refractivity (Wildman–Crippen MR) is 76.4 cm³/mol. The molecule has 0 atom stereocenters. The third-order valence-corrected chi connectivity index (χ3v) is 3.65. The Hall–Kier alpha value is -1.94. The zero-order chi connectivity index (χ0) is 13.4. The lowest BCUT2D eigenvalue weighted by Gasteiger charge is -2.07. The summed E-state index contributed by atoms with van der Waals surface area (Å²) in [4.78, 5) is 23.9. The molecule has 0 spiro atoms. The van der Waals surface area contributed by atoms with Gasteiger partial charge in [-0.3, -0.25) is 9.59 Å². The van der Waals surface area contributed by atoms with Crippen LogP contribution in [0.4, 0.5) is 5.69 Å². The lowest BCUT2D eigenvalue weighted by molar-refractivity contribution is -0.115. The smallest absolute Gasteiger partial charge is 0.228 e. The molecule has 0 radical (unpaired) electrons. The van der Waals surface area contributed by atoms with Crippen LogP contribution >= 0.6 is 15.9 Å². The van der Waals surface area contributed by atoms with Crippen molar-refractivity contribution >= 4 is 33.3 Å². The van der Waals surface area contributed by atoms with Crippen LogP contribution < -0.4 is 5.32 Å². The SMILES string of the molecule is O=C1Cc2cccc(C(=O)c3ccc(Br)cc3)c2N1. The van der Waals surface area contributed by atoms with Crippen LogP contribution in [0, 0.1) is 0 Å². The molecule has 2 aromatic carbocycles. The van der Waals surface area contributed by atoms with Crippen LogP contribution in [0.15, 0.2) is 46.9 Å². The lowest BCUT2D eigenvalue weighted by atomic mass is 9.99. The van der Waals surface area contributed by atoms with E-state index in [1.807, 2.05) is 24.3 Å². The number of halogens is 1. The molecule has 1 aliphatic heterocycles. The molecule has 0 saturated heterocycles. The highest BCUT2D eigenvalue weighted by Gasteiger charge is 2.23. The minimum Gasteiger partial charge on any atom is -0.325 e. The van der Waals surface area contributed by atoms with Gasteiger partial charge < -0.3 is 5.32 Å². The Bertz CT molecular complexity index is 677. The molecule has 3 rings (SSSR count). The van der Waals surface area contributed by atoms with E-state index in [2.05, 4.69) is 21.2 Å². The van der Waals surface area contributed by atoms with Gasteiger partial charge in [0.1, 0.15) is 0 Å². The van der Waals surface area contributed by atoms with E-state index in [4.69, 9.17) is 0 Å². The monoisotopic (exact) mass is 315 g/mol. The molecule has 1 N–H and O–H groups in total. The summed E-state index contributed by atoms with van der Waals surface area (Å²) < 4.78 is 0.927. The van der Waals surface area contributed by atoms with Crippen molar-refractivity contribution in [3.63, 3.8) is 0 Å². The van der Waals surface area contributed by atoms with Gasteiger partial charge in [-0.15, -0.1) is 0 Å². The topological polar surface area (TPSA) is 46.2 Å². The van der Waals surface area contributed by atoms with Gasteiger partial charge in [0.25, 0.3) is 0 Å². The van der Waals surface area contributed by atoms with Gasteiger partial charge in [-0.1, -0.05) is 28.1 Å².